The van der Waals surface area contributed by atoms with Gasteiger partial charge < -0.3 is 14.5 Å². The van der Waals surface area contributed by atoms with Crippen LogP contribution >= 0.6 is 0 Å². The molecule has 0 aromatic carbocycles. The van der Waals surface area contributed by atoms with Crippen LogP contribution in [0.1, 0.15) is 27.2 Å². The predicted molar refractivity (Wildman–Crippen MR) is 82.1 cm³/mol. The van der Waals surface area contributed by atoms with Crippen LogP contribution < -0.4 is 0 Å². The number of carbonyl (C=O) groups excluding carboxylic acids is 2. The van der Waals surface area contributed by atoms with Crippen molar-refractivity contribution in [1.82, 2.24) is 14.7 Å². The van der Waals surface area contributed by atoms with Gasteiger partial charge in [0.2, 0.25) is 11.8 Å². The van der Waals surface area contributed by atoms with E-state index in [0.717, 1.165) is 45.9 Å². The zero-order valence-corrected chi connectivity index (χ0v) is 13.6. The second kappa shape index (κ2) is 9.73. The zero-order valence-electron chi connectivity index (χ0n) is 13.6. The van der Waals surface area contributed by atoms with Crippen molar-refractivity contribution < 1.29 is 14.3 Å². The predicted octanol–water partition coefficient (Wildman–Crippen LogP) is 0.426. The molecule has 0 aliphatic carbocycles. The third-order valence-electron chi connectivity index (χ3n) is 3.95. The summed E-state index contributed by atoms with van der Waals surface area (Å²) in [6, 6.07) is 0. The Morgan fingerprint density at radius 3 is 2.19 bits per heavy atom. The lowest BCUT2D eigenvalue weighted by atomic mass is 10.3. The summed E-state index contributed by atoms with van der Waals surface area (Å²) in [6.45, 7) is 12.4. The van der Waals surface area contributed by atoms with Crippen molar-refractivity contribution in [3.8, 4) is 0 Å². The lowest BCUT2D eigenvalue weighted by Gasteiger charge is -2.30. The molecule has 21 heavy (non-hydrogen) atoms. The largest absolute Gasteiger partial charge is 0.379 e. The fourth-order valence-electron chi connectivity index (χ4n) is 2.48. The lowest BCUT2D eigenvalue weighted by molar-refractivity contribution is -0.133. The second-order valence-corrected chi connectivity index (χ2v) is 5.28. The van der Waals surface area contributed by atoms with Gasteiger partial charge in [-0.05, 0) is 13.8 Å². The van der Waals surface area contributed by atoms with Crippen molar-refractivity contribution >= 4 is 11.8 Å². The van der Waals surface area contributed by atoms with Crippen LogP contribution in [0.15, 0.2) is 0 Å². The van der Waals surface area contributed by atoms with Crippen LogP contribution in [0.2, 0.25) is 0 Å². The van der Waals surface area contributed by atoms with E-state index in [1.807, 2.05) is 13.8 Å². The van der Waals surface area contributed by atoms with Gasteiger partial charge in [0.05, 0.1) is 13.2 Å². The first-order chi connectivity index (χ1) is 10.1. The van der Waals surface area contributed by atoms with Crippen LogP contribution in [0.5, 0.6) is 0 Å². The standard InChI is InChI=1S/C15H29N3O3/c1-4-17(5-2)15(20)6-7-18(14(3)19)9-8-16-10-12-21-13-11-16/h4-13H2,1-3H3. The van der Waals surface area contributed by atoms with Crippen molar-refractivity contribution in [2.75, 3.05) is 59.0 Å². The molecule has 1 aliphatic heterocycles. The molecule has 1 heterocycles. The van der Waals surface area contributed by atoms with Gasteiger partial charge in [0, 0.05) is 59.2 Å². The summed E-state index contributed by atoms with van der Waals surface area (Å²) in [7, 11) is 0. The number of nitrogens with zero attached hydrogens (tertiary/aromatic N) is 3. The van der Waals surface area contributed by atoms with Crippen molar-refractivity contribution in [2.24, 2.45) is 0 Å². The fraction of sp³-hybridized carbons (Fsp3) is 0.867. The summed E-state index contributed by atoms with van der Waals surface area (Å²) in [5.41, 5.74) is 0. The molecule has 0 N–H and O–H groups in total. The van der Waals surface area contributed by atoms with Crippen molar-refractivity contribution in [1.29, 1.82) is 0 Å². The number of ether oxygens (including phenoxy) is 1. The Kier molecular flexibility index (Phi) is 8.30. The monoisotopic (exact) mass is 299 g/mol. The van der Waals surface area contributed by atoms with E-state index in [9.17, 15) is 9.59 Å². The molecule has 0 saturated carbocycles. The van der Waals surface area contributed by atoms with Crippen LogP contribution in [0.25, 0.3) is 0 Å². The van der Waals surface area contributed by atoms with Crippen LogP contribution in [-0.4, -0.2) is 85.5 Å². The maximum Gasteiger partial charge on any atom is 0.224 e. The van der Waals surface area contributed by atoms with E-state index < -0.39 is 0 Å². The van der Waals surface area contributed by atoms with Crippen molar-refractivity contribution in [3.05, 3.63) is 0 Å². The molecule has 0 aromatic heterocycles. The number of hydrogen-bond donors (Lipinski definition) is 0. The maximum atomic E-state index is 12.0. The Hall–Kier alpha value is -1.14. The van der Waals surface area contributed by atoms with Gasteiger partial charge in [-0.1, -0.05) is 0 Å². The van der Waals surface area contributed by atoms with E-state index in [2.05, 4.69) is 4.90 Å². The molecule has 2 amide bonds. The highest BCUT2D eigenvalue weighted by Crippen LogP contribution is 2.01. The van der Waals surface area contributed by atoms with E-state index in [4.69, 9.17) is 4.74 Å². The Morgan fingerprint density at radius 2 is 1.67 bits per heavy atom. The average molecular weight is 299 g/mol. The van der Waals surface area contributed by atoms with Gasteiger partial charge in [-0.3, -0.25) is 14.5 Å². The molecule has 0 atom stereocenters. The number of carbonyl (C=O) groups is 2. The molecular formula is C15H29N3O3. The summed E-state index contributed by atoms with van der Waals surface area (Å²) in [6.07, 6.45) is 0.407. The topological polar surface area (TPSA) is 53.1 Å². The molecule has 0 spiro atoms. The Balaban J connectivity index is 2.35. The molecule has 1 aliphatic rings. The van der Waals surface area contributed by atoms with Crippen LogP contribution in [0.4, 0.5) is 0 Å². The van der Waals surface area contributed by atoms with Gasteiger partial charge in [0.25, 0.3) is 0 Å². The summed E-state index contributed by atoms with van der Waals surface area (Å²) < 4.78 is 5.31. The zero-order chi connectivity index (χ0) is 15.7. The van der Waals surface area contributed by atoms with Gasteiger partial charge in [-0.25, -0.2) is 0 Å². The minimum absolute atomic E-state index is 0.0376. The minimum Gasteiger partial charge on any atom is -0.379 e. The average Bonchev–Trinajstić information content (AvgIpc) is 2.49. The van der Waals surface area contributed by atoms with Crippen molar-refractivity contribution in [2.45, 2.75) is 27.2 Å². The first-order valence-corrected chi connectivity index (χ1v) is 7.91. The normalized spacial score (nSPS) is 15.8. The van der Waals surface area contributed by atoms with E-state index >= 15 is 0 Å². The highest BCUT2D eigenvalue weighted by Gasteiger charge is 2.16. The maximum absolute atomic E-state index is 12.0. The molecular weight excluding hydrogens is 270 g/mol. The Labute approximate surface area is 128 Å². The molecule has 1 rings (SSSR count). The molecule has 6 nitrogen and oxygen atoms in total. The summed E-state index contributed by atoms with van der Waals surface area (Å²) in [4.78, 5) is 29.6. The molecule has 0 unspecified atom stereocenters. The number of amides is 2. The third-order valence-corrected chi connectivity index (χ3v) is 3.95. The second-order valence-electron chi connectivity index (χ2n) is 5.28. The van der Waals surface area contributed by atoms with E-state index in [1.165, 1.54) is 0 Å². The molecule has 6 heteroatoms. The smallest absolute Gasteiger partial charge is 0.224 e. The summed E-state index contributed by atoms with van der Waals surface area (Å²) in [5, 5.41) is 0. The molecule has 122 valence electrons. The highest BCUT2D eigenvalue weighted by atomic mass is 16.5. The summed E-state index contributed by atoms with van der Waals surface area (Å²) >= 11 is 0. The van der Waals surface area contributed by atoms with E-state index in [-0.39, 0.29) is 11.8 Å². The number of morpholine rings is 1. The van der Waals surface area contributed by atoms with Crippen LogP contribution in [-0.2, 0) is 14.3 Å². The van der Waals surface area contributed by atoms with Gasteiger partial charge >= 0.3 is 0 Å². The molecule has 0 aromatic rings. The van der Waals surface area contributed by atoms with E-state index in [1.54, 1.807) is 16.7 Å². The van der Waals surface area contributed by atoms with Gasteiger partial charge in [-0.2, -0.15) is 0 Å². The molecule has 1 fully saturated rings. The Bertz CT molecular complexity index is 326. The number of hydrogen-bond acceptors (Lipinski definition) is 4. The minimum atomic E-state index is 0.0376. The molecule has 0 radical (unpaired) electrons. The summed E-state index contributed by atoms with van der Waals surface area (Å²) in [5.74, 6) is 0.160. The highest BCUT2D eigenvalue weighted by molar-refractivity contribution is 5.78. The van der Waals surface area contributed by atoms with Crippen LogP contribution in [0.3, 0.4) is 0 Å². The third kappa shape index (κ3) is 6.44. The van der Waals surface area contributed by atoms with Gasteiger partial charge in [0.1, 0.15) is 0 Å². The molecule has 1 saturated heterocycles. The fourth-order valence-corrected chi connectivity index (χ4v) is 2.48. The van der Waals surface area contributed by atoms with Crippen molar-refractivity contribution in [3.63, 3.8) is 0 Å². The van der Waals surface area contributed by atoms with Gasteiger partial charge in [-0.15, -0.1) is 0 Å². The first-order valence-electron chi connectivity index (χ1n) is 7.91. The SMILES string of the molecule is CCN(CC)C(=O)CCN(CCN1CCOCC1)C(C)=O. The molecule has 0 bridgehead atoms. The lowest BCUT2D eigenvalue weighted by Crippen LogP contribution is -2.43. The van der Waals surface area contributed by atoms with E-state index in [0.29, 0.717) is 19.5 Å². The van der Waals surface area contributed by atoms with Gasteiger partial charge in [0.15, 0.2) is 0 Å². The van der Waals surface area contributed by atoms with Crippen LogP contribution in [0, 0.1) is 0 Å². The quantitative estimate of drug-likeness (QED) is 0.652. The first kappa shape index (κ1) is 17.9. The Morgan fingerprint density at radius 1 is 1.05 bits per heavy atom. The number of rotatable bonds is 8.